The van der Waals surface area contributed by atoms with Gasteiger partial charge in [-0.1, -0.05) is 30.3 Å². The molecule has 2 aliphatic rings. The summed E-state index contributed by atoms with van der Waals surface area (Å²) in [5.74, 6) is -0.566. The summed E-state index contributed by atoms with van der Waals surface area (Å²) in [6, 6.07) is 9.95. The van der Waals surface area contributed by atoms with E-state index in [1.54, 1.807) is 0 Å². The van der Waals surface area contributed by atoms with E-state index in [2.05, 4.69) is 18.2 Å². The van der Waals surface area contributed by atoms with Gasteiger partial charge in [0.1, 0.15) is 6.29 Å². The maximum absolute atomic E-state index is 10.9. The third-order valence-electron chi connectivity index (χ3n) is 4.03. The monoisotopic (exact) mass is 266 g/mol. The molecule has 1 aliphatic heterocycles. The first kappa shape index (κ1) is 11.8. The lowest BCUT2D eigenvalue weighted by Gasteiger charge is -2.28. The number of benzene rings is 2. The molecule has 3 heteroatoms. The SMILES string of the molecule is O=Cc1ccc2c3c(ccc2c1)CC1(C=C3)OCCO1. The summed E-state index contributed by atoms with van der Waals surface area (Å²) in [4.78, 5) is 10.9. The molecule has 1 saturated heterocycles. The smallest absolute Gasteiger partial charge is 0.192 e. The van der Waals surface area contributed by atoms with E-state index in [-0.39, 0.29) is 0 Å². The zero-order valence-corrected chi connectivity index (χ0v) is 11.0. The molecular weight excluding hydrogens is 252 g/mol. The summed E-state index contributed by atoms with van der Waals surface area (Å²) < 4.78 is 11.5. The van der Waals surface area contributed by atoms with Crippen molar-refractivity contribution in [3.05, 3.63) is 53.1 Å². The van der Waals surface area contributed by atoms with E-state index in [9.17, 15) is 4.79 Å². The highest BCUT2D eigenvalue weighted by molar-refractivity contribution is 5.95. The number of carbonyl (C=O) groups is 1. The van der Waals surface area contributed by atoms with Gasteiger partial charge in [-0.2, -0.15) is 0 Å². The van der Waals surface area contributed by atoms with Crippen molar-refractivity contribution in [2.24, 2.45) is 0 Å². The second kappa shape index (κ2) is 4.27. The van der Waals surface area contributed by atoms with Gasteiger partial charge < -0.3 is 9.47 Å². The number of hydrogen-bond acceptors (Lipinski definition) is 3. The summed E-state index contributed by atoms with van der Waals surface area (Å²) >= 11 is 0. The average Bonchev–Trinajstić information content (AvgIpc) is 2.94. The van der Waals surface area contributed by atoms with Crippen LogP contribution in [0.25, 0.3) is 16.8 Å². The molecule has 20 heavy (non-hydrogen) atoms. The predicted octanol–water partition coefficient (Wildman–Crippen LogP) is 2.96. The van der Waals surface area contributed by atoms with Crippen molar-refractivity contribution in [1.82, 2.24) is 0 Å². The zero-order valence-electron chi connectivity index (χ0n) is 11.0. The van der Waals surface area contributed by atoms with E-state index in [0.717, 1.165) is 23.5 Å². The molecule has 3 nitrogen and oxygen atoms in total. The van der Waals surface area contributed by atoms with Crippen molar-refractivity contribution in [3.63, 3.8) is 0 Å². The van der Waals surface area contributed by atoms with Gasteiger partial charge in [-0.25, -0.2) is 0 Å². The Morgan fingerprint density at radius 2 is 1.95 bits per heavy atom. The van der Waals surface area contributed by atoms with Crippen molar-refractivity contribution >= 4 is 23.1 Å². The van der Waals surface area contributed by atoms with Gasteiger partial charge in [0, 0.05) is 12.0 Å². The first-order valence-electron chi connectivity index (χ1n) is 6.78. The molecule has 0 N–H and O–H groups in total. The van der Waals surface area contributed by atoms with E-state index in [0.29, 0.717) is 18.8 Å². The Hall–Kier alpha value is -1.97. The highest BCUT2D eigenvalue weighted by atomic mass is 16.7. The van der Waals surface area contributed by atoms with Crippen LogP contribution in [-0.2, 0) is 15.9 Å². The van der Waals surface area contributed by atoms with Crippen LogP contribution in [0.1, 0.15) is 21.5 Å². The van der Waals surface area contributed by atoms with Crippen molar-refractivity contribution in [1.29, 1.82) is 0 Å². The number of rotatable bonds is 1. The average molecular weight is 266 g/mol. The van der Waals surface area contributed by atoms with Crippen LogP contribution in [0.5, 0.6) is 0 Å². The normalized spacial score (nSPS) is 19.4. The number of hydrogen-bond donors (Lipinski definition) is 0. The van der Waals surface area contributed by atoms with Crippen LogP contribution in [0.2, 0.25) is 0 Å². The van der Waals surface area contributed by atoms with E-state index < -0.39 is 5.79 Å². The quantitative estimate of drug-likeness (QED) is 0.744. The van der Waals surface area contributed by atoms with Crippen molar-refractivity contribution in [3.8, 4) is 0 Å². The third-order valence-corrected chi connectivity index (χ3v) is 4.03. The van der Waals surface area contributed by atoms with Gasteiger partial charge in [-0.15, -0.1) is 0 Å². The summed E-state index contributed by atoms with van der Waals surface area (Å²) in [6.45, 7) is 1.30. The largest absolute Gasteiger partial charge is 0.344 e. The highest BCUT2D eigenvalue weighted by Crippen LogP contribution is 2.36. The summed E-state index contributed by atoms with van der Waals surface area (Å²) in [7, 11) is 0. The number of fused-ring (bicyclic) bond motifs is 3. The topological polar surface area (TPSA) is 35.5 Å². The molecule has 0 atom stereocenters. The van der Waals surface area contributed by atoms with Gasteiger partial charge in [-0.05, 0) is 34.0 Å². The molecule has 100 valence electrons. The van der Waals surface area contributed by atoms with E-state index in [4.69, 9.17) is 9.47 Å². The molecule has 4 rings (SSSR count). The molecule has 2 aromatic rings. The van der Waals surface area contributed by atoms with Crippen LogP contribution in [0, 0.1) is 0 Å². The van der Waals surface area contributed by atoms with Gasteiger partial charge in [0.25, 0.3) is 0 Å². The van der Waals surface area contributed by atoms with Gasteiger partial charge in [-0.3, -0.25) is 4.79 Å². The summed E-state index contributed by atoms with van der Waals surface area (Å²) in [5, 5.41) is 2.25. The molecule has 1 aliphatic carbocycles. The molecule has 1 heterocycles. The minimum Gasteiger partial charge on any atom is -0.344 e. The minimum atomic E-state index is -0.566. The second-order valence-corrected chi connectivity index (χ2v) is 5.26. The Morgan fingerprint density at radius 3 is 2.75 bits per heavy atom. The molecule has 1 fully saturated rings. The van der Waals surface area contributed by atoms with Crippen LogP contribution in [0.4, 0.5) is 0 Å². The van der Waals surface area contributed by atoms with E-state index >= 15 is 0 Å². The first-order chi connectivity index (χ1) is 9.80. The fourth-order valence-corrected chi connectivity index (χ4v) is 3.05. The maximum atomic E-state index is 10.9. The molecule has 0 saturated carbocycles. The zero-order chi connectivity index (χ0) is 13.6. The minimum absolute atomic E-state index is 0.566. The van der Waals surface area contributed by atoms with E-state index in [1.165, 1.54) is 11.1 Å². The maximum Gasteiger partial charge on any atom is 0.192 e. The van der Waals surface area contributed by atoms with Crippen LogP contribution in [0.3, 0.4) is 0 Å². The van der Waals surface area contributed by atoms with Crippen molar-refractivity contribution < 1.29 is 14.3 Å². The first-order valence-corrected chi connectivity index (χ1v) is 6.78. The van der Waals surface area contributed by atoms with Gasteiger partial charge in [0.2, 0.25) is 0 Å². The highest BCUT2D eigenvalue weighted by Gasteiger charge is 2.36. The Labute approximate surface area is 116 Å². The number of ether oxygens (including phenoxy) is 2. The lowest BCUT2D eigenvalue weighted by Crippen LogP contribution is -2.32. The summed E-state index contributed by atoms with van der Waals surface area (Å²) in [6.07, 6.45) is 5.70. The Kier molecular flexibility index (Phi) is 2.52. The fourth-order valence-electron chi connectivity index (χ4n) is 3.05. The molecule has 0 aromatic heterocycles. The van der Waals surface area contributed by atoms with Crippen molar-refractivity contribution in [2.75, 3.05) is 13.2 Å². The molecule has 0 radical (unpaired) electrons. The Bertz CT molecular complexity index is 724. The number of carbonyl (C=O) groups excluding carboxylic acids is 1. The van der Waals surface area contributed by atoms with Crippen LogP contribution in [0.15, 0.2) is 36.4 Å². The third kappa shape index (κ3) is 1.71. The lowest BCUT2D eigenvalue weighted by molar-refractivity contribution is -0.115. The summed E-state index contributed by atoms with van der Waals surface area (Å²) in [5.41, 5.74) is 3.13. The lowest BCUT2D eigenvalue weighted by atomic mass is 9.89. The van der Waals surface area contributed by atoms with Gasteiger partial charge >= 0.3 is 0 Å². The van der Waals surface area contributed by atoms with Gasteiger partial charge in [0.15, 0.2) is 5.79 Å². The molecule has 0 unspecified atom stereocenters. The predicted molar refractivity (Wildman–Crippen MR) is 76.7 cm³/mol. The van der Waals surface area contributed by atoms with E-state index in [1.807, 2.05) is 24.3 Å². The molecular formula is C17H14O3. The van der Waals surface area contributed by atoms with Crippen LogP contribution < -0.4 is 0 Å². The number of aldehydes is 1. The Morgan fingerprint density at radius 1 is 1.10 bits per heavy atom. The second-order valence-electron chi connectivity index (χ2n) is 5.26. The van der Waals surface area contributed by atoms with Crippen molar-refractivity contribution in [2.45, 2.75) is 12.2 Å². The molecule has 0 amide bonds. The Balaban J connectivity index is 1.86. The molecule has 2 aromatic carbocycles. The molecule has 1 spiro atoms. The van der Waals surface area contributed by atoms with Gasteiger partial charge in [0.05, 0.1) is 13.2 Å². The van der Waals surface area contributed by atoms with Crippen LogP contribution >= 0.6 is 0 Å². The standard InChI is InChI=1S/C17H14O3/c18-11-12-1-4-15-13(9-12)2-3-14-10-17(6-5-16(14)15)19-7-8-20-17/h1-6,9,11H,7-8,10H2. The fraction of sp³-hybridized carbons (Fsp3) is 0.235. The van der Waals surface area contributed by atoms with Crippen LogP contribution in [-0.4, -0.2) is 25.3 Å². The molecule has 0 bridgehead atoms.